The molecule has 0 saturated heterocycles. The van der Waals surface area contributed by atoms with E-state index in [0.717, 1.165) is 0 Å². The molecule has 3 aromatic rings. The Morgan fingerprint density at radius 2 is 2.25 bits per heavy atom. The SMILES string of the molecule is Cc1[nH]nc(C(=O)Nc2ccc(-n3ccnc3)c(Cl)c2)c1[N+](=O)[O-]. The maximum atomic E-state index is 12.2. The van der Waals surface area contributed by atoms with Gasteiger partial charge >= 0.3 is 5.69 Å². The number of nitrogens with one attached hydrogen (secondary N) is 2. The van der Waals surface area contributed by atoms with Gasteiger partial charge in [-0.1, -0.05) is 11.6 Å². The summed E-state index contributed by atoms with van der Waals surface area (Å²) in [6, 6.07) is 4.87. The third-order valence-corrected chi connectivity index (χ3v) is 3.60. The molecule has 0 unspecified atom stereocenters. The third kappa shape index (κ3) is 2.84. The van der Waals surface area contributed by atoms with E-state index in [1.807, 2.05) is 0 Å². The van der Waals surface area contributed by atoms with E-state index in [1.165, 1.54) is 6.92 Å². The van der Waals surface area contributed by atoms with Gasteiger partial charge in [0.05, 0.1) is 22.0 Å². The molecule has 1 aromatic carbocycles. The molecule has 0 radical (unpaired) electrons. The zero-order valence-electron chi connectivity index (χ0n) is 12.4. The van der Waals surface area contributed by atoms with E-state index in [9.17, 15) is 14.9 Å². The average molecular weight is 347 g/mol. The Morgan fingerprint density at radius 1 is 1.46 bits per heavy atom. The van der Waals surface area contributed by atoms with Crippen molar-refractivity contribution in [3.63, 3.8) is 0 Å². The summed E-state index contributed by atoms with van der Waals surface area (Å²) in [4.78, 5) is 26.5. The van der Waals surface area contributed by atoms with Gasteiger partial charge in [0.25, 0.3) is 5.91 Å². The first-order chi connectivity index (χ1) is 11.5. The topological polar surface area (TPSA) is 119 Å². The first-order valence-electron chi connectivity index (χ1n) is 6.76. The van der Waals surface area contributed by atoms with E-state index in [-0.39, 0.29) is 17.1 Å². The van der Waals surface area contributed by atoms with Crippen molar-refractivity contribution >= 4 is 28.9 Å². The van der Waals surface area contributed by atoms with Crippen LogP contribution in [0.15, 0.2) is 36.9 Å². The number of aromatic nitrogens is 4. The fraction of sp³-hybridized carbons (Fsp3) is 0.0714. The number of imidazole rings is 1. The molecule has 3 rings (SSSR count). The lowest BCUT2D eigenvalue weighted by atomic mass is 10.2. The van der Waals surface area contributed by atoms with Gasteiger partial charge in [-0.25, -0.2) is 4.98 Å². The number of benzene rings is 1. The number of halogens is 1. The van der Waals surface area contributed by atoms with Crippen LogP contribution in [0, 0.1) is 17.0 Å². The second-order valence-electron chi connectivity index (χ2n) is 4.89. The highest BCUT2D eigenvalue weighted by molar-refractivity contribution is 6.32. The van der Waals surface area contributed by atoms with Gasteiger partial charge < -0.3 is 9.88 Å². The normalized spacial score (nSPS) is 10.6. The van der Waals surface area contributed by atoms with Crippen molar-refractivity contribution in [2.24, 2.45) is 0 Å². The molecule has 0 bridgehead atoms. The van der Waals surface area contributed by atoms with E-state index >= 15 is 0 Å². The molecular formula is C14H11ClN6O3. The minimum absolute atomic E-state index is 0.207. The van der Waals surface area contributed by atoms with Crippen LogP contribution in [0.1, 0.15) is 16.2 Å². The number of hydrogen-bond acceptors (Lipinski definition) is 5. The predicted octanol–water partition coefficient (Wildman–Crippen LogP) is 2.72. The molecule has 0 aliphatic rings. The molecule has 9 nitrogen and oxygen atoms in total. The number of aryl methyl sites for hydroxylation is 1. The summed E-state index contributed by atoms with van der Waals surface area (Å²) in [6.45, 7) is 1.47. The van der Waals surface area contributed by atoms with Crippen molar-refractivity contribution in [3.8, 4) is 5.69 Å². The number of rotatable bonds is 4. The minimum Gasteiger partial charge on any atom is -0.320 e. The Kier molecular flexibility index (Phi) is 4.00. The predicted molar refractivity (Wildman–Crippen MR) is 86.5 cm³/mol. The van der Waals surface area contributed by atoms with Crippen LogP contribution >= 0.6 is 11.6 Å². The maximum absolute atomic E-state index is 12.2. The summed E-state index contributed by atoms with van der Waals surface area (Å²) >= 11 is 6.21. The van der Waals surface area contributed by atoms with E-state index < -0.39 is 10.8 Å². The van der Waals surface area contributed by atoms with Crippen LogP contribution in [-0.2, 0) is 0 Å². The number of nitrogens with zero attached hydrogens (tertiary/aromatic N) is 4. The van der Waals surface area contributed by atoms with Crippen molar-refractivity contribution in [2.75, 3.05) is 5.32 Å². The molecule has 0 saturated carbocycles. The van der Waals surface area contributed by atoms with Crippen molar-refractivity contribution in [3.05, 3.63) is 63.4 Å². The number of carbonyl (C=O) groups excluding carboxylic acids is 1. The largest absolute Gasteiger partial charge is 0.322 e. The van der Waals surface area contributed by atoms with Crippen LogP contribution in [0.4, 0.5) is 11.4 Å². The van der Waals surface area contributed by atoms with Gasteiger partial charge in [-0.2, -0.15) is 5.10 Å². The van der Waals surface area contributed by atoms with E-state index in [0.29, 0.717) is 16.4 Å². The first kappa shape index (κ1) is 15.7. The highest BCUT2D eigenvalue weighted by Gasteiger charge is 2.27. The highest BCUT2D eigenvalue weighted by atomic mass is 35.5. The summed E-state index contributed by atoms with van der Waals surface area (Å²) in [5.74, 6) is -0.697. The second-order valence-corrected chi connectivity index (χ2v) is 5.30. The molecule has 2 N–H and O–H groups in total. The van der Waals surface area contributed by atoms with Crippen LogP contribution in [0.5, 0.6) is 0 Å². The molecule has 24 heavy (non-hydrogen) atoms. The molecule has 0 fully saturated rings. The molecule has 0 aliphatic carbocycles. The first-order valence-corrected chi connectivity index (χ1v) is 7.13. The number of H-pyrrole nitrogens is 1. The van der Waals surface area contributed by atoms with Crippen molar-refractivity contribution in [1.82, 2.24) is 19.7 Å². The van der Waals surface area contributed by atoms with E-state index in [1.54, 1.807) is 41.5 Å². The fourth-order valence-electron chi connectivity index (χ4n) is 2.19. The van der Waals surface area contributed by atoms with Crippen LogP contribution in [0.25, 0.3) is 5.69 Å². The number of aromatic amines is 1. The smallest absolute Gasteiger partial charge is 0.320 e. The van der Waals surface area contributed by atoms with Gasteiger partial charge in [0, 0.05) is 18.1 Å². The molecule has 1 amide bonds. The van der Waals surface area contributed by atoms with E-state index in [4.69, 9.17) is 11.6 Å². The summed E-state index contributed by atoms with van der Waals surface area (Å²) in [7, 11) is 0. The summed E-state index contributed by atoms with van der Waals surface area (Å²) < 4.78 is 1.72. The highest BCUT2D eigenvalue weighted by Crippen LogP contribution is 2.26. The molecule has 2 heterocycles. The van der Waals surface area contributed by atoms with Gasteiger partial charge in [-0.05, 0) is 25.1 Å². The van der Waals surface area contributed by atoms with Gasteiger partial charge in [0.2, 0.25) is 5.69 Å². The molecule has 122 valence electrons. The van der Waals surface area contributed by atoms with E-state index in [2.05, 4.69) is 20.5 Å². The number of carbonyl (C=O) groups is 1. The summed E-state index contributed by atoms with van der Waals surface area (Å²) in [5, 5.41) is 20.1. The molecule has 0 atom stereocenters. The maximum Gasteiger partial charge on any atom is 0.322 e. The van der Waals surface area contributed by atoms with Gasteiger partial charge in [-0.15, -0.1) is 0 Å². The lowest BCUT2D eigenvalue weighted by Gasteiger charge is -2.08. The number of hydrogen-bond donors (Lipinski definition) is 2. The second kappa shape index (κ2) is 6.13. The third-order valence-electron chi connectivity index (χ3n) is 3.30. The average Bonchev–Trinajstić information content (AvgIpc) is 3.16. The van der Waals surface area contributed by atoms with Gasteiger partial charge in [0.15, 0.2) is 0 Å². The molecule has 2 aromatic heterocycles. The van der Waals surface area contributed by atoms with Crippen LogP contribution in [-0.4, -0.2) is 30.6 Å². The van der Waals surface area contributed by atoms with Gasteiger partial charge in [-0.3, -0.25) is 20.0 Å². The Hall–Kier alpha value is -3.20. The number of nitro groups is 1. The standard InChI is InChI=1S/C14H11ClN6O3/c1-8-13(21(23)24)12(19-18-8)14(22)17-9-2-3-11(10(15)6-9)20-5-4-16-7-20/h2-7H,1H3,(H,17,22)(H,18,19). The zero-order chi connectivity index (χ0) is 17.3. The Balaban J connectivity index is 1.85. The molecule has 0 spiro atoms. The Bertz CT molecular complexity index is 919. The number of anilines is 1. The molecule has 0 aliphatic heterocycles. The fourth-order valence-corrected chi connectivity index (χ4v) is 2.47. The van der Waals surface area contributed by atoms with Crippen LogP contribution < -0.4 is 5.32 Å². The quantitative estimate of drug-likeness (QED) is 0.556. The molecule has 10 heteroatoms. The lowest BCUT2D eigenvalue weighted by molar-refractivity contribution is -0.385. The van der Waals surface area contributed by atoms with Crippen molar-refractivity contribution in [2.45, 2.75) is 6.92 Å². The summed E-state index contributed by atoms with van der Waals surface area (Å²) in [6.07, 6.45) is 4.94. The van der Waals surface area contributed by atoms with Crippen LogP contribution in [0.2, 0.25) is 5.02 Å². The van der Waals surface area contributed by atoms with Crippen molar-refractivity contribution in [1.29, 1.82) is 0 Å². The molecular weight excluding hydrogens is 336 g/mol. The van der Waals surface area contributed by atoms with Gasteiger partial charge in [0.1, 0.15) is 5.69 Å². The Morgan fingerprint density at radius 3 is 2.88 bits per heavy atom. The Labute approximate surface area is 140 Å². The zero-order valence-corrected chi connectivity index (χ0v) is 13.1. The summed E-state index contributed by atoms with van der Waals surface area (Å²) in [5.41, 5.74) is 0.650. The monoisotopic (exact) mass is 346 g/mol. The number of amides is 1. The van der Waals surface area contributed by atoms with Crippen molar-refractivity contribution < 1.29 is 9.72 Å². The van der Waals surface area contributed by atoms with Crippen LogP contribution in [0.3, 0.4) is 0 Å². The minimum atomic E-state index is -0.697. The lowest BCUT2D eigenvalue weighted by Crippen LogP contribution is -2.14.